The van der Waals surface area contributed by atoms with Gasteiger partial charge in [-0.3, -0.25) is 4.79 Å². The van der Waals surface area contributed by atoms with Crippen LogP contribution in [0.15, 0.2) is 12.7 Å². The molecule has 3 amide bonds. The lowest BCUT2D eigenvalue weighted by Crippen LogP contribution is -2.41. The number of unbranched alkanes of at least 4 members (excludes halogenated alkanes) is 2. The number of rotatable bonds is 9. The van der Waals surface area contributed by atoms with Gasteiger partial charge in [0.1, 0.15) is 11.8 Å². The molecule has 2 aromatic heterocycles. The third kappa shape index (κ3) is 9.29. The number of carbonyl (C=O) groups is 2. The topological polar surface area (TPSA) is 155 Å². The van der Waals surface area contributed by atoms with Crippen molar-refractivity contribution in [1.82, 2.24) is 45.7 Å². The predicted octanol–water partition coefficient (Wildman–Crippen LogP) is 0.460. The van der Waals surface area contributed by atoms with E-state index in [1.807, 2.05) is 9.47 Å². The van der Waals surface area contributed by atoms with Gasteiger partial charge in [-0.15, -0.1) is 0 Å². The van der Waals surface area contributed by atoms with Crippen molar-refractivity contribution < 1.29 is 9.59 Å². The van der Waals surface area contributed by atoms with Gasteiger partial charge in [0.2, 0.25) is 5.91 Å². The molecule has 194 valence electrons. The summed E-state index contributed by atoms with van der Waals surface area (Å²) in [6.07, 6.45) is 9.79. The zero-order valence-electron chi connectivity index (χ0n) is 20.6. The number of anilines is 1. The number of imidazole rings is 1. The van der Waals surface area contributed by atoms with Crippen LogP contribution in [0, 0.1) is 0 Å². The molecule has 6 N–H and O–H groups in total. The summed E-state index contributed by atoms with van der Waals surface area (Å²) >= 11 is 0. The number of aromatic nitrogens is 4. The Hall–Kier alpha value is -2.99. The van der Waals surface area contributed by atoms with Gasteiger partial charge in [0.15, 0.2) is 11.5 Å². The molecular weight excluding hydrogens is 448 g/mol. The first-order valence-corrected chi connectivity index (χ1v) is 12.8. The van der Waals surface area contributed by atoms with Crippen molar-refractivity contribution in [3.05, 3.63) is 12.7 Å². The number of nitrogens with zero attached hydrogens (tertiary/aromatic N) is 5. The van der Waals surface area contributed by atoms with Gasteiger partial charge in [0.05, 0.1) is 6.33 Å². The molecule has 0 unspecified atom stereocenters. The van der Waals surface area contributed by atoms with Crippen LogP contribution in [0.4, 0.5) is 10.6 Å². The first-order chi connectivity index (χ1) is 17.1. The van der Waals surface area contributed by atoms with Crippen LogP contribution < -0.4 is 27.0 Å². The lowest BCUT2D eigenvalue weighted by Gasteiger charge is -2.24. The van der Waals surface area contributed by atoms with Gasteiger partial charge in [-0.1, -0.05) is 12.8 Å². The van der Waals surface area contributed by atoms with E-state index in [1.165, 1.54) is 25.6 Å². The highest BCUT2D eigenvalue weighted by atomic mass is 16.2. The number of hydrogen-bond acceptors (Lipinski definition) is 8. The molecule has 0 spiro atoms. The van der Waals surface area contributed by atoms with Crippen LogP contribution in [-0.4, -0.2) is 88.7 Å². The molecule has 0 aromatic carbocycles. The Morgan fingerprint density at radius 2 is 1.66 bits per heavy atom. The quantitative estimate of drug-likeness (QED) is 0.319. The number of nitrogen functional groups attached to an aromatic ring is 1. The van der Waals surface area contributed by atoms with E-state index in [0.717, 1.165) is 58.5 Å². The van der Waals surface area contributed by atoms with Crippen LogP contribution >= 0.6 is 0 Å². The van der Waals surface area contributed by atoms with Crippen molar-refractivity contribution in [1.29, 1.82) is 0 Å². The fourth-order valence-corrected chi connectivity index (χ4v) is 4.07. The molecule has 1 aliphatic heterocycles. The Bertz CT molecular complexity index is 907. The van der Waals surface area contributed by atoms with Crippen LogP contribution in [0.2, 0.25) is 0 Å². The van der Waals surface area contributed by atoms with Crippen LogP contribution in [0.1, 0.15) is 44.9 Å². The third-order valence-corrected chi connectivity index (χ3v) is 6.10. The molecule has 12 nitrogen and oxygen atoms in total. The summed E-state index contributed by atoms with van der Waals surface area (Å²) in [7, 11) is 0. The van der Waals surface area contributed by atoms with Crippen LogP contribution in [0.5, 0.6) is 0 Å². The Morgan fingerprint density at radius 3 is 2.43 bits per heavy atom. The third-order valence-electron chi connectivity index (χ3n) is 6.10. The number of hydrogen-bond donors (Lipinski definition) is 5. The molecule has 1 saturated heterocycles. The molecule has 35 heavy (non-hydrogen) atoms. The van der Waals surface area contributed by atoms with E-state index in [-0.39, 0.29) is 11.9 Å². The molecule has 0 radical (unpaired) electrons. The number of amides is 3. The maximum atomic E-state index is 12.6. The maximum Gasteiger partial charge on any atom is 0.314 e. The zero-order chi connectivity index (χ0) is 24.7. The second kappa shape index (κ2) is 15.1. The molecular formula is C23H40N10O2. The van der Waals surface area contributed by atoms with Gasteiger partial charge in [0, 0.05) is 52.2 Å². The van der Waals surface area contributed by atoms with Crippen LogP contribution in [0.25, 0.3) is 11.2 Å². The second-order valence-corrected chi connectivity index (χ2v) is 8.80. The number of carbonyl (C=O) groups excluding carboxylic acids is 2. The summed E-state index contributed by atoms with van der Waals surface area (Å²) in [6, 6.07) is -0.209. The first-order valence-electron chi connectivity index (χ1n) is 12.8. The van der Waals surface area contributed by atoms with Gasteiger partial charge >= 0.3 is 6.03 Å². The van der Waals surface area contributed by atoms with Gasteiger partial charge in [-0.2, -0.15) is 0 Å². The summed E-state index contributed by atoms with van der Waals surface area (Å²) < 4.78 is 1.83. The predicted molar refractivity (Wildman–Crippen MR) is 136 cm³/mol. The lowest BCUT2D eigenvalue weighted by atomic mass is 10.1. The number of urea groups is 1. The summed E-state index contributed by atoms with van der Waals surface area (Å²) in [4.78, 5) is 39.0. The van der Waals surface area contributed by atoms with E-state index in [0.29, 0.717) is 43.0 Å². The SMILES string of the molecule is Nc1ncnc2c1ncn2CCNC(=O)NCCCCCC(=O)N1CCNCCCCCNCC1. The molecule has 0 saturated carbocycles. The summed E-state index contributed by atoms with van der Waals surface area (Å²) in [6.45, 7) is 6.82. The molecule has 1 fully saturated rings. The van der Waals surface area contributed by atoms with Crippen molar-refractivity contribution in [2.24, 2.45) is 0 Å². The van der Waals surface area contributed by atoms with Gasteiger partial charge in [-0.05, 0) is 38.8 Å². The molecule has 2 aromatic rings. The molecule has 3 rings (SSSR count). The van der Waals surface area contributed by atoms with Crippen molar-refractivity contribution in [3.63, 3.8) is 0 Å². The number of nitrogens with two attached hydrogens (primary N) is 1. The van der Waals surface area contributed by atoms with E-state index in [1.54, 1.807) is 6.33 Å². The minimum absolute atomic E-state index is 0.209. The van der Waals surface area contributed by atoms with Crippen LogP contribution in [-0.2, 0) is 11.3 Å². The van der Waals surface area contributed by atoms with E-state index in [4.69, 9.17) is 5.73 Å². The largest absolute Gasteiger partial charge is 0.382 e. The fourth-order valence-electron chi connectivity index (χ4n) is 4.07. The van der Waals surface area contributed by atoms with Gasteiger partial charge < -0.3 is 36.5 Å². The normalized spacial score (nSPS) is 15.8. The molecule has 3 heterocycles. The highest BCUT2D eigenvalue weighted by Crippen LogP contribution is 2.13. The minimum atomic E-state index is -0.209. The molecule has 12 heteroatoms. The van der Waals surface area contributed by atoms with Gasteiger partial charge in [-0.25, -0.2) is 19.7 Å². The van der Waals surface area contributed by atoms with Crippen molar-refractivity contribution in [3.8, 4) is 0 Å². The monoisotopic (exact) mass is 488 g/mol. The van der Waals surface area contributed by atoms with Crippen molar-refractivity contribution in [2.45, 2.75) is 51.5 Å². The Morgan fingerprint density at radius 1 is 0.914 bits per heavy atom. The average Bonchev–Trinajstić information content (AvgIpc) is 3.26. The maximum absolute atomic E-state index is 12.6. The van der Waals surface area contributed by atoms with E-state index in [2.05, 4.69) is 36.2 Å². The van der Waals surface area contributed by atoms with E-state index in [9.17, 15) is 9.59 Å². The second-order valence-electron chi connectivity index (χ2n) is 8.80. The number of fused-ring (bicyclic) bond motifs is 1. The highest BCUT2D eigenvalue weighted by Gasteiger charge is 2.13. The summed E-state index contributed by atoms with van der Waals surface area (Å²) in [5.74, 6) is 0.559. The zero-order valence-corrected chi connectivity index (χ0v) is 20.6. The van der Waals surface area contributed by atoms with Crippen molar-refractivity contribution in [2.75, 3.05) is 58.1 Å². The van der Waals surface area contributed by atoms with E-state index >= 15 is 0 Å². The lowest BCUT2D eigenvalue weighted by molar-refractivity contribution is -0.131. The fraction of sp³-hybridized carbons (Fsp3) is 0.696. The van der Waals surface area contributed by atoms with Crippen molar-refractivity contribution >= 4 is 28.9 Å². The Labute approximate surface area is 206 Å². The summed E-state index contributed by atoms with van der Waals surface area (Å²) in [5.41, 5.74) is 7.00. The summed E-state index contributed by atoms with van der Waals surface area (Å²) in [5, 5.41) is 12.6. The molecule has 0 atom stereocenters. The Balaban J connectivity index is 1.24. The van der Waals surface area contributed by atoms with E-state index < -0.39 is 0 Å². The Kier molecular flexibility index (Phi) is 11.5. The average molecular weight is 489 g/mol. The number of nitrogens with one attached hydrogen (secondary N) is 4. The highest BCUT2D eigenvalue weighted by molar-refractivity contribution is 5.81. The minimum Gasteiger partial charge on any atom is -0.382 e. The van der Waals surface area contributed by atoms with Crippen LogP contribution in [0.3, 0.4) is 0 Å². The molecule has 0 aliphatic carbocycles. The molecule has 0 bridgehead atoms. The smallest absolute Gasteiger partial charge is 0.314 e. The standard InChI is InChI=1S/C23H40N10O2/c24-21-20-22(30-17-29-21)33(18-31-20)16-13-28-23(35)27-10-6-1-3-7-19(34)32-14-11-25-8-4-2-5-9-26-12-15-32/h17-18,25-26H,1-16H2,(H2,24,29,30)(H2,27,28,35). The van der Waals surface area contributed by atoms with Gasteiger partial charge in [0.25, 0.3) is 0 Å². The molecule has 1 aliphatic rings. The first kappa shape index (κ1) is 26.6.